The van der Waals surface area contributed by atoms with Crippen LogP contribution in [-0.2, 0) is 0 Å². The van der Waals surface area contributed by atoms with Crippen LogP contribution in [0.5, 0.6) is 0 Å². The molecule has 0 spiro atoms. The van der Waals surface area contributed by atoms with E-state index in [4.69, 9.17) is 0 Å². The molecule has 0 fully saturated rings. The second-order valence-electron chi connectivity index (χ2n) is 15.3. The highest BCUT2D eigenvalue weighted by Gasteiger charge is 2.28. The Labute approximate surface area is 352 Å². The lowest BCUT2D eigenvalue weighted by Gasteiger charge is -2.34. The average Bonchev–Trinajstić information content (AvgIpc) is 3.29. The predicted molar refractivity (Wildman–Crippen MR) is 252 cm³/mol. The lowest BCUT2D eigenvalue weighted by molar-refractivity contribution is 1.17. The van der Waals surface area contributed by atoms with Crippen molar-refractivity contribution in [2.24, 2.45) is 0 Å². The van der Waals surface area contributed by atoms with Gasteiger partial charge in [-0.1, -0.05) is 151 Å². The van der Waals surface area contributed by atoms with Gasteiger partial charge in [-0.15, -0.1) is 0 Å². The van der Waals surface area contributed by atoms with Crippen LogP contribution in [0.15, 0.2) is 220 Å². The molecule has 10 aromatic rings. The van der Waals surface area contributed by atoms with E-state index in [9.17, 15) is 0 Å². The summed E-state index contributed by atoms with van der Waals surface area (Å²) in [7, 11) is 0. The van der Waals surface area contributed by atoms with Crippen LogP contribution in [0.4, 0.5) is 34.1 Å². The SMILES string of the molecule is Cc1ccccc1-c1c2cc(N3c4ccccc4Sc4ccccc43)ccc2c(-c2cccc3ccccc23)c2cc(N3c4ccccc4Sc4ccccc43)ccc12. The second-order valence-corrected chi connectivity index (χ2v) is 17.5. The molecule has 2 aliphatic heterocycles. The van der Waals surface area contributed by atoms with Crippen LogP contribution < -0.4 is 9.80 Å². The highest BCUT2D eigenvalue weighted by molar-refractivity contribution is 8.00. The van der Waals surface area contributed by atoms with Crippen LogP contribution in [0.25, 0.3) is 54.6 Å². The largest absolute Gasteiger partial charge is 0.308 e. The number of para-hydroxylation sites is 4. The Kier molecular flexibility index (Phi) is 7.97. The standard InChI is InChI=1S/C55H36N2S2/c1-35-15-2-4-18-39(35)54-42-31-29-38(57-48-23-8-12-27-52(48)59-53-28-13-9-24-49(53)57)34-45(42)55(41-20-14-17-36-16-3-5-19-40(36)41)43-32-30-37(33-44(43)54)56-46-21-6-10-25-50(46)58-51-26-11-7-22-47(51)56/h2-34H,1H3. The molecule has 2 heterocycles. The molecule has 0 aromatic heterocycles. The minimum absolute atomic E-state index is 1.14. The van der Waals surface area contributed by atoms with Gasteiger partial charge in [0, 0.05) is 31.0 Å². The van der Waals surface area contributed by atoms with E-state index in [0.29, 0.717) is 0 Å². The number of rotatable bonds is 4. The Morgan fingerprint density at radius 2 is 0.729 bits per heavy atom. The number of nitrogens with zero attached hydrogens (tertiary/aromatic N) is 2. The van der Waals surface area contributed by atoms with Crippen molar-refractivity contribution in [2.45, 2.75) is 26.5 Å². The molecular formula is C55H36N2S2. The number of hydrogen-bond acceptors (Lipinski definition) is 4. The number of hydrogen-bond donors (Lipinski definition) is 0. The first kappa shape index (κ1) is 34.3. The van der Waals surface area contributed by atoms with Crippen LogP contribution in [0, 0.1) is 6.92 Å². The first-order valence-electron chi connectivity index (χ1n) is 20.1. The van der Waals surface area contributed by atoms with Gasteiger partial charge in [-0.3, -0.25) is 0 Å². The average molecular weight is 789 g/mol. The summed E-state index contributed by atoms with van der Waals surface area (Å²) < 4.78 is 0. The molecule has 10 aromatic carbocycles. The van der Waals surface area contributed by atoms with Gasteiger partial charge < -0.3 is 9.80 Å². The van der Waals surface area contributed by atoms with Gasteiger partial charge in [-0.2, -0.15) is 0 Å². The Morgan fingerprint density at radius 1 is 0.322 bits per heavy atom. The zero-order chi connectivity index (χ0) is 39.0. The first-order valence-corrected chi connectivity index (χ1v) is 21.7. The maximum Gasteiger partial charge on any atom is 0.0601 e. The zero-order valence-electron chi connectivity index (χ0n) is 32.3. The molecule has 0 atom stereocenters. The lowest BCUT2D eigenvalue weighted by atomic mass is 9.83. The van der Waals surface area contributed by atoms with E-state index in [1.165, 1.54) is 102 Å². The monoisotopic (exact) mass is 788 g/mol. The van der Waals surface area contributed by atoms with Crippen molar-refractivity contribution in [1.82, 2.24) is 0 Å². The van der Waals surface area contributed by atoms with E-state index < -0.39 is 0 Å². The first-order chi connectivity index (χ1) is 29.2. The molecule has 0 bridgehead atoms. The summed E-state index contributed by atoms with van der Waals surface area (Å²) >= 11 is 3.69. The van der Waals surface area contributed by atoms with Crippen LogP contribution in [0.2, 0.25) is 0 Å². The van der Waals surface area contributed by atoms with Gasteiger partial charge in [-0.05, 0) is 140 Å². The van der Waals surface area contributed by atoms with Crippen molar-refractivity contribution < 1.29 is 0 Å². The molecule has 0 unspecified atom stereocenters. The molecule has 0 aliphatic carbocycles. The summed E-state index contributed by atoms with van der Waals surface area (Å²) in [6.45, 7) is 2.25. The summed E-state index contributed by atoms with van der Waals surface area (Å²) in [6.07, 6.45) is 0. The van der Waals surface area contributed by atoms with Crippen molar-refractivity contribution >= 4 is 90.0 Å². The Bertz CT molecular complexity index is 3240. The summed E-state index contributed by atoms with van der Waals surface area (Å²) in [4.78, 5) is 9.94. The smallest absolute Gasteiger partial charge is 0.0601 e. The molecule has 0 N–H and O–H groups in total. The number of anilines is 6. The maximum atomic E-state index is 2.46. The van der Waals surface area contributed by atoms with Crippen LogP contribution in [0.3, 0.4) is 0 Å². The fourth-order valence-corrected chi connectivity index (χ4v) is 11.4. The van der Waals surface area contributed by atoms with E-state index in [2.05, 4.69) is 217 Å². The van der Waals surface area contributed by atoms with E-state index in [-0.39, 0.29) is 0 Å². The van der Waals surface area contributed by atoms with Crippen molar-refractivity contribution in [2.75, 3.05) is 9.80 Å². The molecule has 0 amide bonds. The lowest BCUT2D eigenvalue weighted by Crippen LogP contribution is -2.15. The van der Waals surface area contributed by atoms with Gasteiger partial charge in [-0.25, -0.2) is 0 Å². The molecule has 12 rings (SSSR count). The van der Waals surface area contributed by atoms with Gasteiger partial charge >= 0.3 is 0 Å². The van der Waals surface area contributed by atoms with Gasteiger partial charge in [0.25, 0.3) is 0 Å². The Hall–Kier alpha value is -6.72. The second kappa shape index (κ2) is 13.7. The molecule has 278 valence electrons. The van der Waals surface area contributed by atoms with Crippen molar-refractivity contribution in [3.63, 3.8) is 0 Å². The van der Waals surface area contributed by atoms with Crippen LogP contribution in [-0.4, -0.2) is 0 Å². The predicted octanol–water partition coefficient (Wildman–Crippen LogP) is 16.7. The topological polar surface area (TPSA) is 6.48 Å². The van der Waals surface area contributed by atoms with Crippen molar-refractivity contribution in [3.8, 4) is 22.3 Å². The van der Waals surface area contributed by atoms with Gasteiger partial charge in [0.05, 0.1) is 22.7 Å². The molecule has 59 heavy (non-hydrogen) atoms. The van der Waals surface area contributed by atoms with E-state index in [0.717, 1.165) is 11.4 Å². The normalized spacial score (nSPS) is 13.0. The van der Waals surface area contributed by atoms with E-state index >= 15 is 0 Å². The summed E-state index contributed by atoms with van der Waals surface area (Å²) in [5, 5.41) is 7.41. The third kappa shape index (κ3) is 5.44. The highest BCUT2D eigenvalue weighted by Crippen LogP contribution is 2.55. The maximum absolute atomic E-state index is 2.46. The van der Waals surface area contributed by atoms with Crippen LogP contribution in [0.1, 0.15) is 5.56 Å². The highest BCUT2D eigenvalue weighted by atomic mass is 32.2. The summed E-state index contributed by atoms with van der Waals surface area (Å²) in [6, 6.07) is 74.0. The molecule has 0 radical (unpaired) electrons. The molecule has 4 heteroatoms. The Balaban J connectivity index is 1.21. The Morgan fingerprint density at radius 3 is 1.25 bits per heavy atom. The molecule has 0 saturated carbocycles. The fourth-order valence-electron chi connectivity index (χ4n) is 9.33. The summed E-state index contributed by atoms with van der Waals surface area (Å²) in [5.41, 5.74) is 13.3. The van der Waals surface area contributed by atoms with Gasteiger partial charge in [0.15, 0.2) is 0 Å². The summed E-state index contributed by atoms with van der Waals surface area (Å²) in [5.74, 6) is 0. The molecule has 2 aliphatic rings. The van der Waals surface area contributed by atoms with Gasteiger partial charge in [0.1, 0.15) is 0 Å². The third-order valence-electron chi connectivity index (χ3n) is 11.9. The quantitative estimate of drug-likeness (QED) is 0.164. The van der Waals surface area contributed by atoms with Gasteiger partial charge in [0.2, 0.25) is 0 Å². The number of fused-ring (bicyclic) bond motifs is 7. The van der Waals surface area contributed by atoms with E-state index in [1.807, 2.05) is 23.5 Å². The fraction of sp³-hybridized carbons (Fsp3) is 0.0182. The molecule has 2 nitrogen and oxygen atoms in total. The molecule has 0 saturated heterocycles. The zero-order valence-corrected chi connectivity index (χ0v) is 33.9. The number of aryl methyl sites for hydroxylation is 1. The van der Waals surface area contributed by atoms with Crippen molar-refractivity contribution in [1.29, 1.82) is 0 Å². The number of benzene rings is 10. The minimum atomic E-state index is 1.14. The minimum Gasteiger partial charge on any atom is -0.308 e. The van der Waals surface area contributed by atoms with Crippen LogP contribution >= 0.6 is 23.5 Å². The molecular weight excluding hydrogens is 753 g/mol. The van der Waals surface area contributed by atoms with Crippen molar-refractivity contribution in [3.05, 3.63) is 206 Å². The van der Waals surface area contributed by atoms with E-state index in [1.54, 1.807) is 0 Å². The third-order valence-corrected chi connectivity index (χ3v) is 14.2.